The number of hydrogen-bond donors (Lipinski definition) is 1. The van der Waals surface area contributed by atoms with Crippen molar-refractivity contribution in [3.63, 3.8) is 0 Å². The fraction of sp³-hybridized carbons (Fsp3) is 0.231. The van der Waals surface area contributed by atoms with E-state index in [1.54, 1.807) is 0 Å². The number of pyridine rings is 2. The van der Waals surface area contributed by atoms with E-state index in [9.17, 15) is 0 Å². The Kier molecular flexibility index (Phi) is 3.57. The first-order chi connectivity index (χ1) is 7.83. The molecule has 0 fully saturated rings. The van der Waals surface area contributed by atoms with Crippen LogP contribution in [0.4, 0.5) is 0 Å². The highest BCUT2D eigenvalue weighted by atomic mass is 32.1. The maximum Gasteiger partial charge on any atom is 0.0720 e. The summed E-state index contributed by atoms with van der Waals surface area (Å²) in [5, 5.41) is 0. The fourth-order valence-corrected chi connectivity index (χ4v) is 1.75. The summed E-state index contributed by atoms with van der Waals surface area (Å²) in [5.74, 6) is 0.733. The Labute approximate surface area is 101 Å². The topological polar surface area (TPSA) is 25.8 Å². The van der Waals surface area contributed by atoms with Crippen molar-refractivity contribution >= 4 is 12.6 Å². The first kappa shape index (κ1) is 11.1. The predicted octanol–water partition coefficient (Wildman–Crippen LogP) is 3.14. The van der Waals surface area contributed by atoms with Crippen LogP contribution in [-0.2, 0) is 12.2 Å². The average molecular weight is 230 g/mol. The summed E-state index contributed by atoms with van der Waals surface area (Å²) in [6, 6.07) is 6.18. The lowest BCUT2D eigenvalue weighted by Gasteiger charge is -2.04. The van der Waals surface area contributed by atoms with Crippen LogP contribution in [-0.4, -0.2) is 9.97 Å². The molecule has 0 aromatic carbocycles. The van der Waals surface area contributed by atoms with E-state index >= 15 is 0 Å². The molecular weight excluding hydrogens is 216 g/mol. The van der Waals surface area contributed by atoms with Crippen LogP contribution in [0.1, 0.15) is 18.1 Å². The van der Waals surface area contributed by atoms with E-state index in [0.717, 1.165) is 23.4 Å². The molecule has 0 bridgehead atoms. The smallest absolute Gasteiger partial charge is 0.0720 e. The second kappa shape index (κ2) is 5.12. The van der Waals surface area contributed by atoms with E-state index < -0.39 is 0 Å². The second-order valence-electron chi connectivity index (χ2n) is 3.64. The van der Waals surface area contributed by atoms with Gasteiger partial charge in [-0.3, -0.25) is 9.97 Å². The molecule has 0 aliphatic rings. The minimum atomic E-state index is 0.733. The van der Waals surface area contributed by atoms with Crippen LogP contribution in [0.25, 0.3) is 11.3 Å². The third kappa shape index (κ3) is 2.42. The van der Waals surface area contributed by atoms with Gasteiger partial charge in [-0.1, -0.05) is 6.92 Å². The van der Waals surface area contributed by atoms with Crippen molar-refractivity contribution in [2.45, 2.75) is 19.1 Å². The van der Waals surface area contributed by atoms with Crippen LogP contribution in [0.5, 0.6) is 0 Å². The molecule has 3 heteroatoms. The largest absolute Gasteiger partial charge is 0.264 e. The van der Waals surface area contributed by atoms with Crippen LogP contribution in [0.3, 0.4) is 0 Å². The highest BCUT2D eigenvalue weighted by molar-refractivity contribution is 7.79. The molecule has 2 aromatic heterocycles. The SMILES string of the molecule is CCc1cncc(-c2cc(CS)ccn2)c1. The average Bonchev–Trinajstić information content (AvgIpc) is 2.39. The molecule has 2 rings (SSSR count). The summed E-state index contributed by atoms with van der Waals surface area (Å²) in [6.45, 7) is 2.12. The monoisotopic (exact) mass is 230 g/mol. The minimum Gasteiger partial charge on any atom is -0.264 e. The standard InChI is InChI=1S/C13H14N2S/c1-2-10-5-12(8-14-7-10)13-6-11(9-16)3-4-15-13/h3-8,16H,2,9H2,1H3. The van der Waals surface area contributed by atoms with Gasteiger partial charge in [0.1, 0.15) is 0 Å². The van der Waals surface area contributed by atoms with E-state index in [1.807, 2.05) is 24.7 Å². The van der Waals surface area contributed by atoms with E-state index in [2.05, 4.69) is 41.7 Å². The molecule has 0 aliphatic heterocycles. The van der Waals surface area contributed by atoms with Crippen LogP contribution >= 0.6 is 12.6 Å². The summed E-state index contributed by atoms with van der Waals surface area (Å²) in [4.78, 5) is 8.59. The molecule has 0 atom stereocenters. The molecule has 16 heavy (non-hydrogen) atoms. The van der Waals surface area contributed by atoms with Gasteiger partial charge < -0.3 is 0 Å². The molecule has 2 aromatic rings. The quantitative estimate of drug-likeness (QED) is 0.820. The molecule has 0 radical (unpaired) electrons. The number of aromatic nitrogens is 2. The molecule has 0 N–H and O–H groups in total. The number of nitrogens with zero attached hydrogens (tertiary/aromatic N) is 2. The molecule has 82 valence electrons. The van der Waals surface area contributed by atoms with Crippen molar-refractivity contribution in [3.05, 3.63) is 47.9 Å². The molecule has 0 unspecified atom stereocenters. The zero-order chi connectivity index (χ0) is 11.4. The summed E-state index contributed by atoms with van der Waals surface area (Å²) < 4.78 is 0. The van der Waals surface area contributed by atoms with E-state index in [4.69, 9.17) is 0 Å². The Morgan fingerprint density at radius 1 is 1.19 bits per heavy atom. The van der Waals surface area contributed by atoms with Crippen molar-refractivity contribution in [1.82, 2.24) is 9.97 Å². The maximum absolute atomic E-state index is 4.36. The summed E-state index contributed by atoms with van der Waals surface area (Å²) in [6.07, 6.45) is 6.56. The van der Waals surface area contributed by atoms with E-state index in [-0.39, 0.29) is 0 Å². The van der Waals surface area contributed by atoms with Gasteiger partial charge in [-0.05, 0) is 35.7 Å². The summed E-state index contributed by atoms with van der Waals surface area (Å²) in [5.41, 5.74) is 4.45. The fourth-order valence-electron chi connectivity index (χ4n) is 1.55. The molecular formula is C13H14N2S. The molecule has 2 heterocycles. The molecule has 0 spiro atoms. The number of rotatable bonds is 3. The van der Waals surface area contributed by atoms with Gasteiger partial charge in [-0.15, -0.1) is 0 Å². The number of hydrogen-bond acceptors (Lipinski definition) is 3. The maximum atomic E-state index is 4.36. The van der Waals surface area contributed by atoms with Crippen molar-refractivity contribution in [3.8, 4) is 11.3 Å². The summed E-state index contributed by atoms with van der Waals surface area (Å²) in [7, 11) is 0. The van der Waals surface area contributed by atoms with Crippen LogP contribution in [0, 0.1) is 0 Å². The third-order valence-corrected chi connectivity index (χ3v) is 2.87. The zero-order valence-corrected chi connectivity index (χ0v) is 10.1. The van der Waals surface area contributed by atoms with Crippen LogP contribution in [0.2, 0.25) is 0 Å². The van der Waals surface area contributed by atoms with E-state index in [1.165, 1.54) is 11.1 Å². The minimum absolute atomic E-state index is 0.733. The van der Waals surface area contributed by atoms with Gasteiger partial charge in [-0.25, -0.2) is 0 Å². The molecule has 2 nitrogen and oxygen atoms in total. The Balaban J connectivity index is 2.41. The summed E-state index contributed by atoms with van der Waals surface area (Å²) >= 11 is 4.27. The van der Waals surface area contributed by atoms with Gasteiger partial charge in [0.05, 0.1) is 5.69 Å². The van der Waals surface area contributed by atoms with Gasteiger partial charge in [0, 0.05) is 29.9 Å². The lowest BCUT2D eigenvalue weighted by atomic mass is 10.1. The molecule has 0 saturated carbocycles. The first-order valence-corrected chi connectivity index (χ1v) is 5.97. The molecule has 0 amide bonds. The highest BCUT2D eigenvalue weighted by Gasteiger charge is 2.01. The first-order valence-electron chi connectivity index (χ1n) is 5.33. The van der Waals surface area contributed by atoms with Gasteiger partial charge >= 0.3 is 0 Å². The van der Waals surface area contributed by atoms with Crippen molar-refractivity contribution in [1.29, 1.82) is 0 Å². The Morgan fingerprint density at radius 3 is 2.81 bits per heavy atom. The Bertz CT molecular complexity index is 437. The van der Waals surface area contributed by atoms with Gasteiger partial charge in [0.25, 0.3) is 0 Å². The molecule has 0 saturated heterocycles. The highest BCUT2D eigenvalue weighted by Crippen LogP contribution is 2.18. The predicted molar refractivity (Wildman–Crippen MR) is 69.5 cm³/mol. The number of thiol groups is 1. The second-order valence-corrected chi connectivity index (χ2v) is 3.96. The van der Waals surface area contributed by atoms with E-state index in [0.29, 0.717) is 0 Å². The zero-order valence-electron chi connectivity index (χ0n) is 9.22. The third-order valence-electron chi connectivity index (χ3n) is 2.51. The van der Waals surface area contributed by atoms with Crippen LogP contribution in [0.15, 0.2) is 36.8 Å². The lowest BCUT2D eigenvalue weighted by molar-refractivity contribution is 1.10. The van der Waals surface area contributed by atoms with Gasteiger partial charge in [0.2, 0.25) is 0 Å². The molecule has 0 aliphatic carbocycles. The van der Waals surface area contributed by atoms with Crippen molar-refractivity contribution in [2.75, 3.05) is 0 Å². The van der Waals surface area contributed by atoms with Gasteiger partial charge in [0.15, 0.2) is 0 Å². The normalized spacial score (nSPS) is 10.4. The van der Waals surface area contributed by atoms with Crippen LogP contribution < -0.4 is 0 Å². The number of aryl methyl sites for hydroxylation is 1. The van der Waals surface area contributed by atoms with Crippen molar-refractivity contribution in [2.24, 2.45) is 0 Å². The van der Waals surface area contributed by atoms with Gasteiger partial charge in [-0.2, -0.15) is 12.6 Å². The Morgan fingerprint density at radius 2 is 2.06 bits per heavy atom. The Hall–Kier alpha value is -1.35. The van der Waals surface area contributed by atoms with Crippen molar-refractivity contribution < 1.29 is 0 Å². The lowest BCUT2D eigenvalue weighted by Crippen LogP contribution is -1.89.